The van der Waals surface area contributed by atoms with Crippen LogP contribution in [0.15, 0.2) is 61.1 Å². The van der Waals surface area contributed by atoms with Gasteiger partial charge in [0.15, 0.2) is 0 Å². The lowest BCUT2D eigenvalue weighted by molar-refractivity contribution is 0.0949. The van der Waals surface area contributed by atoms with Gasteiger partial charge in [0.1, 0.15) is 0 Å². The fourth-order valence-electron chi connectivity index (χ4n) is 2.26. The number of carbonyl (C=O) groups is 1. The van der Waals surface area contributed by atoms with E-state index in [1.165, 1.54) is 12.4 Å². The lowest BCUT2D eigenvalue weighted by atomic mass is 10.2. The minimum atomic E-state index is -0.238. The van der Waals surface area contributed by atoms with Crippen LogP contribution in [0.25, 0.3) is 0 Å². The first-order valence-electron chi connectivity index (χ1n) is 8.16. The van der Waals surface area contributed by atoms with Crippen molar-refractivity contribution in [2.24, 2.45) is 0 Å². The maximum absolute atomic E-state index is 12.1. The van der Waals surface area contributed by atoms with Crippen molar-refractivity contribution in [2.45, 2.75) is 6.54 Å². The van der Waals surface area contributed by atoms with E-state index in [9.17, 15) is 4.79 Å². The first-order chi connectivity index (χ1) is 12.6. The first kappa shape index (κ1) is 17.3. The number of hydrogen-bond acceptors (Lipinski definition) is 6. The standard InChI is InChI=1S/C19H20N6O/c1-25(2)17-8-6-15(7-9-17)24-19-22-11-14(12-23-19)18(26)21-13-16-5-3-4-10-20-16/h3-12H,13H2,1-2H3,(H,21,26)(H,22,23,24). The van der Waals surface area contributed by atoms with Gasteiger partial charge in [-0.3, -0.25) is 9.78 Å². The summed E-state index contributed by atoms with van der Waals surface area (Å²) in [6.07, 6.45) is 4.69. The molecule has 0 radical (unpaired) electrons. The molecule has 0 atom stereocenters. The van der Waals surface area contributed by atoms with Gasteiger partial charge in [-0.25, -0.2) is 9.97 Å². The van der Waals surface area contributed by atoms with Crippen molar-refractivity contribution in [1.29, 1.82) is 0 Å². The Labute approximate surface area is 152 Å². The molecule has 0 spiro atoms. The summed E-state index contributed by atoms with van der Waals surface area (Å²) in [6, 6.07) is 13.5. The number of anilines is 3. The Morgan fingerprint density at radius 3 is 2.35 bits per heavy atom. The van der Waals surface area contributed by atoms with Gasteiger partial charge in [-0.15, -0.1) is 0 Å². The normalized spacial score (nSPS) is 10.2. The van der Waals surface area contributed by atoms with Crippen LogP contribution in [-0.4, -0.2) is 35.0 Å². The van der Waals surface area contributed by atoms with Crippen LogP contribution in [0.5, 0.6) is 0 Å². The fraction of sp³-hybridized carbons (Fsp3) is 0.158. The highest BCUT2D eigenvalue weighted by molar-refractivity contribution is 5.93. The Morgan fingerprint density at radius 1 is 1.00 bits per heavy atom. The van der Waals surface area contributed by atoms with Crippen molar-refractivity contribution < 1.29 is 4.79 Å². The lowest BCUT2D eigenvalue weighted by Gasteiger charge is -2.13. The van der Waals surface area contributed by atoms with Gasteiger partial charge in [0, 0.05) is 44.1 Å². The minimum absolute atomic E-state index is 0.238. The Kier molecular flexibility index (Phi) is 5.38. The zero-order valence-corrected chi connectivity index (χ0v) is 14.7. The van der Waals surface area contributed by atoms with Crippen LogP contribution in [0.2, 0.25) is 0 Å². The molecule has 0 aliphatic rings. The summed E-state index contributed by atoms with van der Waals surface area (Å²) in [7, 11) is 3.98. The second-order valence-electron chi connectivity index (χ2n) is 5.87. The van der Waals surface area contributed by atoms with Crippen LogP contribution in [0.1, 0.15) is 16.1 Å². The molecule has 132 valence electrons. The summed E-state index contributed by atoms with van der Waals surface area (Å²) >= 11 is 0. The summed E-state index contributed by atoms with van der Waals surface area (Å²) in [4.78, 5) is 26.7. The quantitative estimate of drug-likeness (QED) is 0.712. The second kappa shape index (κ2) is 8.06. The number of nitrogens with zero attached hydrogens (tertiary/aromatic N) is 4. The van der Waals surface area contributed by atoms with Crippen molar-refractivity contribution in [3.8, 4) is 0 Å². The largest absolute Gasteiger partial charge is 0.378 e. The fourth-order valence-corrected chi connectivity index (χ4v) is 2.26. The van der Waals surface area contributed by atoms with Crippen molar-refractivity contribution in [3.05, 3.63) is 72.3 Å². The predicted molar refractivity (Wildman–Crippen MR) is 101 cm³/mol. The first-order valence-corrected chi connectivity index (χ1v) is 8.16. The molecule has 1 amide bonds. The molecular formula is C19H20N6O. The molecule has 26 heavy (non-hydrogen) atoms. The van der Waals surface area contributed by atoms with Crippen LogP contribution in [0.4, 0.5) is 17.3 Å². The molecule has 0 aliphatic carbocycles. The van der Waals surface area contributed by atoms with Gasteiger partial charge < -0.3 is 15.5 Å². The molecule has 0 fully saturated rings. The van der Waals surface area contributed by atoms with Gasteiger partial charge in [-0.1, -0.05) is 6.07 Å². The molecule has 3 rings (SSSR count). The van der Waals surface area contributed by atoms with Gasteiger partial charge in [0.2, 0.25) is 5.95 Å². The number of carbonyl (C=O) groups excluding carboxylic acids is 1. The van der Waals surface area contributed by atoms with Crippen LogP contribution in [-0.2, 0) is 6.54 Å². The average molecular weight is 348 g/mol. The van der Waals surface area contributed by atoms with Crippen molar-refractivity contribution in [3.63, 3.8) is 0 Å². The SMILES string of the molecule is CN(C)c1ccc(Nc2ncc(C(=O)NCc3ccccn3)cn2)cc1. The molecule has 2 N–H and O–H groups in total. The summed E-state index contributed by atoms with van der Waals surface area (Å²) in [5.74, 6) is 0.196. The lowest BCUT2D eigenvalue weighted by Crippen LogP contribution is -2.23. The van der Waals surface area contributed by atoms with E-state index in [0.29, 0.717) is 18.1 Å². The summed E-state index contributed by atoms with van der Waals surface area (Å²) in [6.45, 7) is 0.359. The number of hydrogen-bond donors (Lipinski definition) is 2. The second-order valence-corrected chi connectivity index (χ2v) is 5.87. The van der Waals surface area contributed by atoms with E-state index in [1.807, 2.05) is 61.5 Å². The smallest absolute Gasteiger partial charge is 0.254 e. The molecule has 0 unspecified atom stereocenters. The number of aromatic nitrogens is 3. The zero-order chi connectivity index (χ0) is 18.4. The molecule has 1 aromatic carbocycles. The van der Waals surface area contributed by atoms with E-state index in [1.54, 1.807) is 6.20 Å². The number of nitrogens with one attached hydrogen (secondary N) is 2. The monoisotopic (exact) mass is 348 g/mol. The van der Waals surface area contributed by atoms with Gasteiger partial charge >= 0.3 is 0 Å². The third kappa shape index (κ3) is 4.54. The van der Waals surface area contributed by atoms with E-state index in [0.717, 1.165) is 17.1 Å². The third-order valence-corrected chi connectivity index (χ3v) is 3.71. The van der Waals surface area contributed by atoms with Crippen LogP contribution in [0.3, 0.4) is 0 Å². The van der Waals surface area contributed by atoms with E-state index in [2.05, 4.69) is 25.6 Å². The molecule has 3 aromatic rings. The highest BCUT2D eigenvalue weighted by atomic mass is 16.1. The summed E-state index contributed by atoms with van der Waals surface area (Å²) in [5.41, 5.74) is 3.18. The van der Waals surface area contributed by atoms with E-state index < -0.39 is 0 Å². The maximum Gasteiger partial charge on any atom is 0.254 e. The molecule has 0 aliphatic heterocycles. The Bertz CT molecular complexity index is 847. The number of benzene rings is 1. The number of rotatable bonds is 6. The highest BCUT2D eigenvalue weighted by Crippen LogP contribution is 2.18. The van der Waals surface area contributed by atoms with Gasteiger partial charge in [0.25, 0.3) is 5.91 Å². The van der Waals surface area contributed by atoms with Gasteiger partial charge in [0.05, 0.1) is 17.8 Å². The zero-order valence-electron chi connectivity index (χ0n) is 14.7. The topological polar surface area (TPSA) is 83.0 Å². The molecule has 0 saturated carbocycles. The van der Waals surface area contributed by atoms with Crippen molar-refractivity contribution in [1.82, 2.24) is 20.3 Å². The van der Waals surface area contributed by atoms with E-state index in [-0.39, 0.29) is 5.91 Å². The molecule has 2 heterocycles. The molecule has 0 bridgehead atoms. The average Bonchev–Trinajstić information content (AvgIpc) is 2.68. The number of pyridine rings is 1. The van der Waals surface area contributed by atoms with Gasteiger partial charge in [-0.2, -0.15) is 0 Å². The maximum atomic E-state index is 12.1. The summed E-state index contributed by atoms with van der Waals surface area (Å²) < 4.78 is 0. The Balaban J connectivity index is 1.58. The Morgan fingerprint density at radius 2 is 1.73 bits per heavy atom. The van der Waals surface area contributed by atoms with Crippen LogP contribution >= 0.6 is 0 Å². The Hall–Kier alpha value is -3.48. The molecule has 0 saturated heterocycles. The third-order valence-electron chi connectivity index (χ3n) is 3.71. The van der Waals surface area contributed by atoms with Gasteiger partial charge in [-0.05, 0) is 36.4 Å². The number of amides is 1. The van der Waals surface area contributed by atoms with Crippen LogP contribution in [0, 0.1) is 0 Å². The van der Waals surface area contributed by atoms with E-state index >= 15 is 0 Å². The molecule has 7 nitrogen and oxygen atoms in total. The minimum Gasteiger partial charge on any atom is -0.378 e. The molecule has 2 aromatic heterocycles. The molecular weight excluding hydrogens is 328 g/mol. The van der Waals surface area contributed by atoms with E-state index in [4.69, 9.17) is 0 Å². The summed E-state index contributed by atoms with van der Waals surface area (Å²) in [5, 5.41) is 5.91. The van der Waals surface area contributed by atoms with Crippen molar-refractivity contribution >= 4 is 23.2 Å². The van der Waals surface area contributed by atoms with Crippen molar-refractivity contribution in [2.75, 3.05) is 24.3 Å². The highest BCUT2D eigenvalue weighted by Gasteiger charge is 2.07. The molecule has 7 heteroatoms. The predicted octanol–water partition coefficient (Wildman–Crippen LogP) is 2.61. The van der Waals surface area contributed by atoms with Crippen LogP contribution < -0.4 is 15.5 Å².